The monoisotopic (exact) mass is 217 g/mol. The van der Waals surface area contributed by atoms with Gasteiger partial charge in [-0.05, 0) is 30.9 Å². The van der Waals surface area contributed by atoms with Crippen molar-refractivity contribution in [1.82, 2.24) is 0 Å². The number of nitrogens with zero attached hydrogens (tertiary/aromatic N) is 1. The summed E-state index contributed by atoms with van der Waals surface area (Å²) >= 11 is 0. The summed E-state index contributed by atoms with van der Waals surface area (Å²) in [5, 5.41) is 7.16. The van der Waals surface area contributed by atoms with Crippen LogP contribution in [0.4, 0.5) is 5.69 Å². The van der Waals surface area contributed by atoms with Gasteiger partial charge < -0.3 is 10.6 Å². The number of rotatable bonds is 5. The van der Waals surface area contributed by atoms with E-state index in [1.165, 1.54) is 17.7 Å². The first-order valence-corrected chi connectivity index (χ1v) is 5.93. The van der Waals surface area contributed by atoms with Gasteiger partial charge in [0.15, 0.2) is 0 Å². The molecule has 0 aliphatic carbocycles. The summed E-state index contributed by atoms with van der Waals surface area (Å²) in [6.07, 6.45) is 4.04. The Hall–Kier alpha value is -1.51. The van der Waals surface area contributed by atoms with E-state index >= 15 is 0 Å². The second-order valence-corrected chi connectivity index (χ2v) is 4.35. The lowest BCUT2D eigenvalue weighted by Gasteiger charge is -2.18. The van der Waals surface area contributed by atoms with Gasteiger partial charge in [0.05, 0.1) is 5.84 Å². The van der Waals surface area contributed by atoms with E-state index in [0.717, 1.165) is 32.4 Å². The molecule has 0 saturated carbocycles. The van der Waals surface area contributed by atoms with Crippen LogP contribution in [0.1, 0.15) is 24.8 Å². The number of para-hydroxylation sites is 1. The molecule has 1 aromatic carbocycles. The molecule has 86 valence electrons. The fourth-order valence-electron chi connectivity index (χ4n) is 2.26. The van der Waals surface area contributed by atoms with Crippen molar-refractivity contribution in [1.29, 1.82) is 5.41 Å². The zero-order chi connectivity index (χ0) is 11.4. The number of nitrogens with one attached hydrogen (secondary N) is 1. The molecule has 1 aromatic rings. The van der Waals surface area contributed by atoms with Crippen LogP contribution in [0.25, 0.3) is 0 Å². The molecule has 1 heterocycles. The molecule has 16 heavy (non-hydrogen) atoms. The van der Waals surface area contributed by atoms with E-state index in [2.05, 4.69) is 29.2 Å². The van der Waals surface area contributed by atoms with Gasteiger partial charge in [0.1, 0.15) is 0 Å². The van der Waals surface area contributed by atoms with Crippen molar-refractivity contribution in [2.75, 3.05) is 18.0 Å². The summed E-state index contributed by atoms with van der Waals surface area (Å²) in [6, 6.07) is 8.63. The van der Waals surface area contributed by atoms with Crippen LogP contribution in [0.3, 0.4) is 0 Å². The fourth-order valence-corrected chi connectivity index (χ4v) is 2.26. The van der Waals surface area contributed by atoms with Gasteiger partial charge in [-0.25, -0.2) is 0 Å². The maximum absolute atomic E-state index is 7.16. The molecule has 1 aliphatic heterocycles. The van der Waals surface area contributed by atoms with Gasteiger partial charge in [-0.1, -0.05) is 18.2 Å². The summed E-state index contributed by atoms with van der Waals surface area (Å²) in [5.41, 5.74) is 8.19. The van der Waals surface area contributed by atoms with Crippen LogP contribution in [0.15, 0.2) is 24.3 Å². The Morgan fingerprint density at radius 3 is 2.94 bits per heavy atom. The molecular weight excluding hydrogens is 198 g/mol. The minimum absolute atomic E-state index is 0.307. The molecule has 3 N–H and O–H groups in total. The van der Waals surface area contributed by atoms with Crippen LogP contribution in [-0.4, -0.2) is 18.9 Å². The van der Waals surface area contributed by atoms with Gasteiger partial charge in [-0.3, -0.25) is 5.41 Å². The number of unbranched alkanes of at least 4 members (excludes halogenated alkanes) is 1. The highest BCUT2D eigenvalue weighted by atomic mass is 15.1. The first kappa shape index (κ1) is 11.0. The highest BCUT2D eigenvalue weighted by molar-refractivity contribution is 5.76. The first-order valence-electron chi connectivity index (χ1n) is 5.93. The SMILES string of the molecule is N=C(N)CCCCN1CCc2ccccc21. The van der Waals surface area contributed by atoms with Gasteiger partial charge in [0.2, 0.25) is 0 Å². The summed E-state index contributed by atoms with van der Waals surface area (Å²) in [5.74, 6) is 0.307. The van der Waals surface area contributed by atoms with Gasteiger partial charge in [-0.2, -0.15) is 0 Å². The van der Waals surface area contributed by atoms with Crippen LogP contribution in [-0.2, 0) is 6.42 Å². The van der Waals surface area contributed by atoms with Crippen molar-refractivity contribution in [2.45, 2.75) is 25.7 Å². The summed E-state index contributed by atoms with van der Waals surface area (Å²) in [6.45, 7) is 2.23. The van der Waals surface area contributed by atoms with Crippen molar-refractivity contribution in [3.8, 4) is 0 Å². The lowest BCUT2D eigenvalue weighted by molar-refractivity contribution is 0.715. The molecule has 0 bridgehead atoms. The molecule has 0 amide bonds. The smallest absolute Gasteiger partial charge is 0.0905 e. The van der Waals surface area contributed by atoms with Crippen LogP contribution in [0.2, 0.25) is 0 Å². The number of benzene rings is 1. The zero-order valence-electron chi connectivity index (χ0n) is 9.58. The fraction of sp³-hybridized carbons (Fsp3) is 0.462. The van der Waals surface area contributed by atoms with E-state index in [-0.39, 0.29) is 0 Å². The van der Waals surface area contributed by atoms with Gasteiger partial charge >= 0.3 is 0 Å². The minimum Gasteiger partial charge on any atom is -0.388 e. The highest BCUT2D eigenvalue weighted by Gasteiger charge is 2.16. The number of hydrogen-bond acceptors (Lipinski definition) is 2. The van der Waals surface area contributed by atoms with E-state index in [9.17, 15) is 0 Å². The second kappa shape index (κ2) is 5.01. The molecule has 0 atom stereocenters. The molecule has 0 spiro atoms. The standard InChI is InChI=1S/C13H19N3/c14-13(15)7-3-4-9-16-10-8-11-5-1-2-6-12(11)16/h1-2,5-6H,3-4,7-10H2,(H3,14,15). The Balaban J connectivity index is 1.82. The van der Waals surface area contributed by atoms with Gasteiger partial charge in [0, 0.05) is 25.2 Å². The number of anilines is 1. The van der Waals surface area contributed by atoms with Crippen molar-refractivity contribution in [2.24, 2.45) is 5.73 Å². The van der Waals surface area contributed by atoms with Crippen LogP contribution < -0.4 is 10.6 Å². The Labute approximate surface area is 96.8 Å². The highest BCUT2D eigenvalue weighted by Crippen LogP contribution is 2.27. The maximum atomic E-state index is 7.16. The quantitative estimate of drug-likeness (QED) is 0.451. The predicted molar refractivity (Wildman–Crippen MR) is 68.1 cm³/mol. The molecule has 0 aromatic heterocycles. The Morgan fingerprint density at radius 1 is 1.31 bits per heavy atom. The van der Waals surface area contributed by atoms with E-state index in [0.29, 0.717) is 5.84 Å². The third-order valence-electron chi connectivity index (χ3n) is 3.11. The molecule has 0 fully saturated rings. The molecular formula is C13H19N3. The van der Waals surface area contributed by atoms with Gasteiger partial charge in [-0.15, -0.1) is 0 Å². The lowest BCUT2D eigenvalue weighted by Crippen LogP contribution is -2.22. The normalized spacial score (nSPS) is 13.9. The molecule has 3 heteroatoms. The first-order chi connectivity index (χ1) is 7.77. The topological polar surface area (TPSA) is 53.1 Å². The second-order valence-electron chi connectivity index (χ2n) is 4.35. The van der Waals surface area contributed by atoms with Crippen LogP contribution >= 0.6 is 0 Å². The predicted octanol–water partition coefficient (Wildman–Crippen LogP) is 2.16. The summed E-state index contributed by atoms with van der Waals surface area (Å²) in [4.78, 5) is 2.44. The zero-order valence-corrected chi connectivity index (χ0v) is 9.58. The molecule has 2 rings (SSSR count). The summed E-state index contributed by atoms with van der Waals surface area (Å²) < 4.78 is 0. The number of fused-ring (bicyclic) bond motifs is 1. The number of hydrogen-bond donors (Lipinski definition) is 2. The van der Waals surface area contributed by atoms with Crippen LogP contribution in [0.5, 0.6) is 0 Å². The molecule has 1 aliphatic rings. The molecule has 0 radical (unpaired) electrons. The Kier molecular flexibility index (Phi) is 3.44. The maximum Gasteiger partial charge on any atom is 0.0905 e. The molecule has 0 unspecified atom stereocenters. The van der Waals surface area contributed by atoms with Crippen molar-refractivity contribution in [3.05, 3.63) is 29.8 Å². The Morgan fingerprint density at radius 2 is 2.12 bits per heavy atom. The average Bonchev–Trinajstić information content (AvgIpc) is 2.68. The molecule has 0 saturated heterocycles. The third kappa shape index (κ3) is 2.54. The van der Waals surface area contributed by atoms with E-state index in [1.54, 1.807) is 0 Å². The number of amidine groups is 1. The van der Waals surface area contributed by atoms with Crippen LogP contribution in [0, 0.1) is 5.41 Å². The van der Waals surface area contributed by atoms with E-state index in [4.69, 9.17) is 11.1 Å². The van der Waals surface area contributed by atoms with Crippen molar-refractivity contribution >= 4 is 11.5 Å². The molecule has 3 nitrogen and oxygen atoms in total. The summed E-state index contributed by atoms with van der Waals surface area (Å²) in [7, 11) is 0. The van der Waals surface area contributed by atoms with E-state index in [1.807, 2.05) is 0 Å². The Bertz CT molecular complexity index is 373. The number of nitrogens with two attached hydrogens (primary N) is 1. The largest absolute Gasteiger partial charge is 0.388 e. The third-order valence-corrected chi connectivity index (χ3v) is 3.11. The van der Waals surface area contributed by atoms with Crippen molar-refractivity contribution < 1.29 is 0 Å². The average molecular weight is 217 g/mol. The van der Waals surface area contributed by atoms with Crippen molar-refractivity contribution in [3.63, 3.8) is 0 Å². The van der Waals surface area contributed by atoms with E-state index < -0.39 is 0 Å². The lowest BCUT2D eigenvalue weighted by atomic mass is 10.2. The van der Waals surface area contributed by atoms with Gasteiger partial charge in [0.25, 0.3) is 0 Å². The minimum atomic E-state index is 0.307.